The van der Waals surface area contributed by atoms with Crippen molar-refractivity contribution < 1.29 is 4.74 Å². The van der Waals surface area contributed by atoms with E-state index in [0.29, 0.717) is 5.88 Å². The molecule has 1 saturated heterocycles. The van der Waals surface area contributed by atoms with Crippen molar-refractivity contribution in [2.24, 2.45) is 0 Å². The maximum atomic E-state index is 6.15. The molecule has 31 heavy (non-hydrogen) atoms. The van der Waals surface area contributed by atoms with Gasteiger partial charge in [-0.15, -0.1) is 5.10 Å². The number of rotatable bonds is 10. The van der Waals surface area contributed by atoms with Gasteiger partial charge in [-0.25, -0.2) is 9.50 Å². The number of nitrogens with zero attached hydrogens (tertiary/aromatic N) is 5. The van der Waals surface area contributed by atoms with Crippen LogP contribution in [0.4, 0.5) is 5.69 Å². The highest BCUT2D eigenvalue weighted by molar-refractivity contribution is 5.68. The molecule has 166 valence electrons. The minimum absolute atomic E-state index is 0.131. The zero-order valence-electron chi connectivity index (χ0n) is 19.1. The topological polar surface area (TPSA) is 45.9 Å². The van der Waals surface area contributed by atoms with Crippen LogP contribution in [0.3, 0.4) is 0 Å². The van der Waals surface area contributed by atoms with Gasteiger partial charge < -0.3 is 14.5 Å². The Morgan fingerprint density at radius 1 is 1.10 bits per heavy atom. The number of benzene rings is 1. The molecule has 1 fully saturated rings. The summed E-state index contributed by atoms with van der Waals surface area (Å²) in [5.41, 5.74) is 4.24. The van der Waals surface area contributed by atoms with Gasteiger partial charge in [0.2, 0.25) is 5.88 Å². The lowest BCUT2D eigenvalue weighted by molar-refractivity contribution is 0.186. The van der Waals surface area contributed by atoms with Crippen molar-refractivity contribution in [2.75, 3.05) is 37.6 Å². The van der Waals surface area contributed by atoms with E-state index in [0.717, 1.165) is 62.5 Å². The summed E-state index contributed by atoms with van der Waals surface area (Å²) in [5.74, 6) is 0.651. The van der Waals surface area contributed by atoms with E-state index >= 15 is 0 Å². The average molecular weight is 422 g/mol. The van der Waals surface area contributed by atoms with Crippen molar-refractivity contribution in [3.63, 3.8) is 0 Å². The number of hydrogen-bond acceptors (Lipinski definition) is 5. The highest BCUT2D eigenvalue weighted by Crippen LogP contribution is 2.27. The first kappa shape index (κ1) is 21.6. The van der Waals surface area contributed by atoms with E-state index in [1.54, 1.807) is 0 Å². The molecule has 3 aromatic rings. The largest absolute Gasteiger partial charge is 0.474 e. The van der Waals surface area contributed by atoms with Gasteiger partial charge in [-0.05, 0) is 70.4 Å². The number of aromatic nitrogens is 3. The van der Waals surface area contributed by atoms with E-state index in [2.05, 4.69) is 59.8 Å². The molecule has 0 amide bonds. The normalized spacial score (nSPS) is 15.2. The summed E-state index contributed by atoms with van der Waals surface area (Å²) in [6.07, 6.45) is 6.73. The van der Waals surface area contributed by atoms with Gasteiger partial charge in [0, 0.05) is 30.4 Å². The molecule has 4 rings (SSSR count). The first-order chi connectivity index (χ1) is 15.2. The summed E-state index contributed by atoms with van der Waals surface area (Å²) in [6, 6.07) is 12.6. The molecule has 6 heteroatoms. The molecule has 0 saturated carbocycles. The first-order valence-corrected chi connectivity index (χ1v) is 11.8. The number of hydrogen-bond donors (Lipinski definition) is 0. The van der Waals surface area contributed by atoms with Crippen LogP contribution >= 0.6 is 0 Å². The van der Waals surface area contributed by atoms with Crippen LogP contribution in [0.5, 0.6) is 5.88 Å². The summed E-state index contributed by atoms with van der Waals surface area (Å²) in [5, 5.41) is 4.76. The first-order valence-electron chi connectivity index (χ1n) is 11.8. The van der Waals surface area contributed by atoms with Gasteiger partial charge in [-0.3, -0.25) is 0 Å². The number of anilines is 1. The van der Waals surface area contributed by atoms with Crippen molar-refractivity contribution in [2.45, 2.75) is 52.6 Å². The Morgan fingerprint density at radius 3 is 2.68 bits per heavy atom. The minimum atomic E-state index is 0.131. The van der Waals surface area contributed by atoms with Gasteiger partial charge >= 0.3 is 0 Å². The molecule has 0 bridgehead atoms. The summed E-state index contributed by atoms with van der Waals surface area (Å²) in [4.78, 5) is 9.46. The number of imidazole rings is 1. The Balaban J connectivity index is 1.47. The van der Waals surface area contributed by atoms with Gasteiger partial charge in [0.1, 0.15) is 0 Å². The summed E-state index contributed by atoms with van der Waals surface area (Å²) in [6.45, 7) is 12.2. The quantitative estimate of drug-likeness (QED) is 0.467. The molecule has 1 aromatic carbocycles. The van der Waals surface area contributed by atoms with Gasteiger partial charge in [0.05, 0.1) is 18.0 Å². The summed E-state index contributed by atoms with van der Waals surface area (Å²) in [7, 11) is 0. The third-order valence-electron chi connectivity index (χ3n) is 6.25. The molecule has 1 atom stereocenters. The van der Waals surface area contributed by atoms with Gasteiger partial charge in [-0.2, -0.15) is 0 Å². The van der Waals surface area contributed by atoms with Crippen molar-refractivity contribution in [1.82, 2.24) is 19.5 Å². The maximum absolute atomic E-state index is 6.15. The van der Waals surface area contributed by atoms with E-state index in [9.17, 15) is 0 Å². The van der Waals surface area contributed by atoms with Crippen LogP contribution in [-0.2, 0) is 0 Å². The van der Waals surface area contributed by atoms with Crippen LogP contribution in [0.25, 0.3) is 16.9 Å². The molecule has 1 unspecified atom stereocenters. The predicted molar refractivity (Wildman–Crippen MR) is 127 cm³/mol. The smallest absolute Gasteiger partial charge is 0.232 e. The second-order valence-corrected chi connectivity index (χ2v) is 8.43. The van der Waals surface area contributed by atoms with Crippen LogP contribution in [0.2, 0.25) is 0 Å². The van der Waals surface area contributed by atoms with E-state index in [-0.39, 0.29) is 6.10 Å². The molecule has 1 aliphatic rings. The molecule has 0 radical (unpaired) electrons. The molecule has 0 aliphatic carbocycles. The van der Waals surface area contributed by atoms with Crippen molar-refractivity contribution in [3.8, 4) is 17.1 Å². The maximum Gasteiger partial charge on any atom is 0.232 e. The number of ether oxygens (including phenoxy) is 1. The molecule has 0 N–H and O–H groups in total. The van der Waals surface area contributed by atoms with Crippen LogP contribution in [0.15, 0.2) is 42.6 Å². The SMILES string of the molecule is CCN(CC)CCCC(C)Oc1ccc2ncc(-c3cccc(N4CCCC4)c3)n2n1. The Labute approximate surface area is 185 Å². The average Bonchev–Trinajstić information content (AvgIpc) is 3.47. The lowest BCUT2D eigenvalue weighted by Gasteiger charge is -2.19. The van der Waals surface area contributed by atoms with E-state index < -0.39 is 0 Å². The lowest BCUT2D eigenvalue weighted by atomic mass is 10.1. The molecule has 0 spiro atoms. The van der Waals surface area contributed by atoms with Gasteiger partial charge in [0.15, 0.2) is 5.65 Å². The van der Waals surface area contributed by atoms with E-state index in [4.69, 9.17) is 9.84 Å². The predicted octanol–water partition coefficient (Wildman–Crippen LogP) is 4.89. The monoisotopic (exact) mass is 421 g/mol. The Kier molecular flexibility index (Phi) is 7.07. The molecule has 1 aliphatic heterocycles. The minimum Gasteiger partial charge on any atom is -0.474 e. The fourth-order valence-corrected chi connectivity index (χ4v) is 4.36. The third-order valence-corrected chi connectivity index (χ3v) is 6.25. The third kappa shape index (κ3) is 5.18. The molecule has 2 aromatic heterocycles. The molecule has 3 heterocycles. The van der Waals surface area contributed by atoms with Crippen molar-refractivity contribution >= 4 is 11.3 Å². The lowest BCUT2D eigenvalue weighted by Crippen LogP contribution is -2.25. The molecular formula is C25H35N5O. The van der Waals surface area contributed by atoms with Crippen LogP contribution < -0.4 is 9.64 Å². The fraction of sp³-hybridized carbons (Fsp3) is 0.520. The second kappa shape index (κ2) is 10.1. The number of fused-ring (bicyclic) bond motifs is 1. The standard InChI is InChI=1S/C25H35N5O/c1-4-28(5-2)15-9-10-20(3)31-25-14-13-24-26-19-23(30(24)27-25)21-11-8-12-22(18-21)29-16-6-7-17-29/h8,11-14,18-20H,4-7,9-10,15-17H2,1-3H3. The van der Waals surface area contributed by atoms with Gasteiger partial charge in [0.25, 0.3) is 0 Å². The summed E-state index contributed by atoms with van der Waals surface area (Å²) < 4.78 is 8.05. The highest BCUT2D eigenvalue weighted by Gasteiger charge is 2.15. The van der Waals surface area contributed by atoms with E-state index in [1.165, 1.54) is 18.5 Å². The summed E-state index contributed by atoms with van der Waals surface area (Å²) >= 11 is 0. The molecule has 6 nitrogen and oxygen atoms in total. The molecular weight excluding hydrogens is 386 g/mol. The Bertz CT molecular complexity index is 975. The zero-order valence-corrected chi connectivity index (χ0v) is 19.1. The van der Waals surface area contributed by atoms with Crippen LogP contribution in [0.1, 0.15) is 46.5 Å². The van der Waals surface area contributed by atoms with Crippen LogP contribution in [0, 0.1) is 0 Å². The second-order valence-electron chi connectivity index (χ2n) is 8.43. The van der Waals surface area contributed by atoms with Gasteiger partial charge in [-0.1, -0.05) is 26.0 Å². The van der Waals surface area contributed by atoms with E-state index in [1.807, 2.05) is 22.8 Å². The van der Waals surface area contributed by atoms with Crippen molar-refractivity contribution in [3.05, 3.63) is 42.6 Å². The highest BCUT2D eigenvalue weighted by atomic mass is 16.5. The van der Waals surface area contributed by atoms with Crippen molar-refractivity contribution in [1.29, 1.82) is 0 Å². The Morgan fingerprint density at radius 2 is 1.90 bits per heavy atom. The fourth-order valence-electron chi connectivity index (χ4n) is 4.36. The van der Waals surface area contributed by atoms with Crippen LogP contribution in [-0.4, -0.2) is 58.3 Å². The zero-order chi connectivity index (χ0) is 21.6. The Hall–Kier alpha value is -2.60.